The second kappa shape index (κ2) is 3.28. The van der Waals surface area contributed by atoms with Crippen molar-refractivity contribution in [1.82, 2.24) is 0 Å². The van der Waals surface area contributed by atoms with Crippen LogP contribution in [0.2, 0.25) is 0 Å². The Balaban J connectivity index is 2.41. The van der Waals surface area contributed by atoms with E-state index in [0.29, 0.717) is 5.56 Å². The van der Waals surface area contributed by atoms with Crippen molar-refractivity contribution in [3.8, 4) is 6.07 Å². The molecule has 1 aromatic carbocycles. The molecule has 1 N–H and O–H groups in total. The number of benzene rings is 1. The fraction of sp³-hybridized carbons (Fsp3) is 0.364. The zero-order valence-electron chi connectivity index (χ0n) is 7.87. The molecule has 0 spiro atoms. The fourth-order valence-electron chi connectivity index (χ4n) is 1.97. The maximum atomic E-state index is 12.9. The van der Waals surface area contributed by atoms with Gasteiger partial charge in [-0.15, -0.1) is 0 Å². The number of nitriles is 1. The molecule has 1 aromatic rings. The Labute approximate surface area is 85.8 Å². The van der Waals surface area contributed by atoms with Gasteiger partial charge >= 0.3 is 0 Å². The van der Waals surface area contributed by atoms with E-state index in [1.54, 1.807) is 0 Å². The topological polar surface area (TPSA) is 44.0 Å². The summed E-state index contributed by atoms with van der Waals surface area (Å²) >= 11 is 0. The fourth-order valence-corrected chi connectivity index (χ4v) is 1.97. The molecule has 0 atom stereocenters. The maximum Gasteiger partial charge on any atom is 0.126 e. The number of rotatable bonds is 1. The van der Waals surface area contributed by atoms with Gasteiger partial charge in [-0.05, 0) is 30.5 Å². The largest absolute Gasteiger partial charge is 0.393 e. The van der Waals surface area contributed by atoms with E-state index in [1.807, 2.05) is 6.07 Å². The Morgan fingerprint density at radius 2 is 1.80 bits per heavy atom. The van der Waals surface area contributed by atoms with Gasteiger partial charge in [-0.3, -0.25) is 0 Å². The molecule has 0 amide bonds. The minimum Gasteiger partial charge on any atom is -0.393 e. The van der Waals surface area contributed by atoms with Crippen molar-refractivity contribution in [1.29, 1.82) is 5.26 Å². The van der Waals surface area contributed by atoms with Crippen molar-refractivity contribution >= 4 is 0 Å². The van der Waals surface area contributed by atoms with Crippen LogP contribution in [0.15, 0.2) is 18.2 Å². The summed E-state index contributed by atoms with van der Waals surface area (Å²) in [5.41, 5.74) is -0.602. The third kappa shape index (κ3) is 1.59. The van der Waals surface area contributed by atoms with Crippen LogP contribution >= 0.6 is 0 Å². The van der Waals surface area contributed by atoms with Gasteiger partial charge in [0.25, 0.3) is 0 Å². The predicted molar refractivity (Wildman–Crippen MR) is 48.9 cm³/mol. The Morgan fingerprint density at radius 1 is 1.27 bits per heavy atom. The maximum absolute atomic E-state index is 12.9. The van der Waals surface area contributed by atoms with Crippen molar-refractivity contribution in [3.05, 3.63) is 35.4 Å². The van der Waals surface area contributed by atoms with E-state index in [4.69, 9.17) is 5.26 Å². The molecule has 2 nitrogen and oxygen atoms in total. The van der Waals surface area contributed by atoms with E-state index < -0.39 is 23.2 Å². The van der Waals surface area contributed by atoms with Crippen LogP contribution in [0.3, 0.4) is 0 Å². The average molecular weight is 209 g/mol. The minimum absolute atomic E-state index is 0.242. The third-order valence-corrected chi connectivity index (χ3v) is 2.80. The van der Waals surface area contributed by atoms with Crippen LogP contribution in [0.4, 0.5) is 8.78 Å². The van der Waals surface area contributed by atoms with Crippen molar-refractivity contribution in [2.75, 3.05) is 0 Å². The molecule has 0 saturated heterocycles. The first-order chi connectivity index (χ1) is 7.05. The molecule has 0 radical (unpaired) electrons. The van der Waals surface area contributed by atoms with Gasteiger partial charge < -0.3 is 5.11 Å². The SMILES string of the molecule is N#CC1(c2cc(F)cc(F)c2)CC(O)C1. The molecule has 1 fully saturated rings. The molecule has 0 aliphatic heterocycles. The van der Waals surface area contributed by atoms with Crippen LogP contribution in [0.1, 0.15) is 18.4 Å². The Morgan fingerprint density at radius 3 is 2.20 bits per heavy atom. The Kier molecular flexibility index (Phi) is 2.20. The molecule has 15 heavy (non-hydrogen) atoms. The lowest BCUT2D eigenvalue weighted by Gasteiger charge is -2.40. The standard InChI is InChI=1S/C11H9F2NO/c12-8-1-7(2-9(13)3-8)11(6-14)4-10(15)5-11/h1-3,10,15H,4-5H2. The van der Waals surface area contributed by atoms with Gasteiger partial charge in [0.15, 0.2) is 0 Å². The Hall–Kier alpha value is -1.47. The Bertz CT molecular complexity index is 412. The van der Waals surface area contributed by atoms with E-state index in [0.717, 1.165) is 18.2 Å². The van der Waals surface area contributed by atoms with Gasteiger partial charge in [0, 0.05) is 6.07 Å². The van der Waals surface area contributed by atoms with Gasteiger partial charge in [-0.25, -0.2) is 8.78 Å². The number of aliphatic hydroxyl groups is 1. The lowest BCUT2D eigenvalue weighted by molar-refractivity contribution is 0.0445. The normalized spacial score (nSPS) is 29.3. The third-order valence-electron chi connectivity index (χ3n) is 2.80. The molecule has 1 saturated carbocycles. The zero-order valence-corrected chi connectivity index (χ0v) is 7.87. The number of nitrogens with zero attached hydrogens (tertiary/aromatic N) is 1. The molecular formula is C11H9F2NO. The van der Waals surface area contributed by atoms with Crippen LogP contribution in [0.25, 0.3) is 0 Å². The van der Waals surface area contributed by atoms with E-state index >= 15 is 0 Å². The second-order valence-corrected chi connectivity index (χ2v) is 3.91. The second-order valence-electron chi connectivity index (χ2n) is 3.91. The molecule has 1 aliphatic carbocycles. The molecule has 0 bridgehead atoms. The van der Waals surface area contributed by atoms with E-state index in [2.05, 4.69) is 0 Å². The molecular weight excluding hydrogens is 200 g/mol. The summed E-state index contributed by atoms with van der Waals surface area (Å²) < 4.78 is 25.9. The quantitative estimate of drug-likeness (QED) is 0.767. The highest BCUT2D eigenvalue weighted by atomic mass is 19.1. The summed E-state index contributed by atoms with van der Waals surface area (Å²) in [6.45, 7) is 0. The van der Waals surface area contributed by atoms with E-state index in [-0.39, 0.29) is 12.8 Å². The highest BCUT2D eigenvalue weighted by molar-refractivity contribution is 5.37. The minimum atomic E-state index is -0.914. The van der Waals surface area contributed by atoms with Crippen LogP contribution in [-0.4, -0.2) is 11.2 Å². The zero-order chi connectivity index (χ0) is 11.1. The summed E-state index contributed by atoms with van der Waals surface area (Å²) in [6.07, 6.45) is -0.0605. The molecule has 0 heterocycles. The van der Waals surface area contributed by atoms with Crippen molar-refractivity contribution in [2.45, 2.75) is 24.4 Å². The molecule has 0 aromatic heterocycles. The number of hydrogen-bond donors (Lipinski definition) is 1. The van der Waals surface area contributed by atoms with Crippen molar-refractivity contribution < 1.29 is 13.9 Å². The smallest absolute Gasteiger partial charge is 0.126 e. The summed E-state index contributed by atoms with van der Waals surface area (Å²) in [4.78, 5) is 0. The van der Waals surface area contributed by atoms with Crippen LogP contribution in [0, 0.1) is 23.0 Å². The molecule has 2 rings (SSSR count). The van der Waals surface area contributed by atoms with Gasteiger partial charge in [-0.1, -0.05) is 0 Å². The van der Waals surface area contributed by atoms with Gasteiger partial charge in [0.2, 0.25) is 0 Å². The number of hydrogen-bond acceptors (Lipinski definition) is 2. The highest BCUT2D eigenvalue weighted by Crippen LogP contribution is 2.43. The van der Waals surface area contributed by atoms with E-state index in [9.17, 15) is 13.9 Å². The first kappa shape index (κ1) is 10.1. The highest BCUT2D eigenvalue weighted by Gasteiger charge is 2.45. The lowest BCUT2D eigenvalue weighted by atomic mass is 9.64. The molecule has 4 heteroatoms. The van der Waals surface area contributed by atoms with Crippen molar-refractivity contribution in [2.24, 2.45) is 0 Å². The van der Waals surface area contributed by atoms with Crippen molar-refractivity contribution in [3.63, 3.8) is 0 Å². The summed E-state index contributed by atoms with van der Waals surface area (Å²) in [5.74, 6) is -1.39. The molecule has 1 aliphatic rings. The molecule has 0 unspecified atom stereocenters. The van der Waals surface area contributed by atoms with E-state index in [1.165, 1.54) is 0 Å². The van der Waals surface area contributed by atoms with Gasteiger partial charge in [0.05, 0.1) is 17.6 Å². The van der Waals surface area contributed by atoms with Crippen LogP contribution < -0.4 is 0 Å². The first-order valence-corrected chi connectivity index (χ1v) is 4.62. The van der Waals surface area contributed by atoms with Crippen LogP contribution in [-0.2, 0) is 5.41 Å². The average Bonchev–Trinajstić information content (AvgIpc) is 2.10. The lowest BCUT2D eigenvalue weighted by Crippen LogP contribution is -2.43. The summed E-state index contributed by atoms with van der Waals surface area (Å²) in [7, 11) is 0. The van der Waals surface area contributed by atoms with Crippen LogP contribution in [0.5, 0.6) is 0 Å². The number of halogens is 2. The number of aliphatic hydroxyl groups excluding tert-OH is 1. The monoisotopic (exact) mass is 209 g/mol. The molecule has 78 valence electrons. The van der Waals surface area contributed by atoms with Gasteiger partial charge in [0.1, 0.15) is 11.6 Å². The predicted octanol–water partition coefficient (Wildman–Crippen LogP) is 1.88. The summed E-state index contributed by atoms with van der Waals surface area (Å²) in [6, 6.07) is 5.09. The van der Waals surface area contributed by atoms with Gasteiger partial charge in [-0.2, -0.15) is 5.26 Å². The summed E-state index contributed by atoms with van der Waals surface area (Å²) in [5, 5.41) is 18.2. The first-order valence-electron chi connectivity index (χ1n) is 4.62.